The molecule has 3 aromatic rings. The number of aromatic nitrogens is 2. The summed E-state index contributed by atoms with van der Waals surface area (Å²) in [5, 5.41) is 0. The van der Waals surface area contributed by atoms with Crippen molar-refractivity contribution in [3.8, 4) is 11.4 Å². The molecule has 0 radical (unpaired) electrons. The number of sulfonamides is 1. The molecule has 140 valence electrons. The van der Waals surface area contributed by atoms with Gasteiger partial charge in [0.15, 0.2) is 0 Å². The van der Waals surface area contributed by atoms with Crippen LogP contribution in [0.3, 0.4) is 0 Å². The average Bonchev–Trinajstić information content (AvgIpc) is 3.18. The number of hydrogen-bond acceptors (Lipinski definition) is 3. The summed E-state index contributed by atoms with van der Waals surface area (Å²) < 4.78 is 29.3. The lowest BCUT2D eigenvalue weighted by molar-refractivity contribution is 0.253. The lowest BCUT2D eigenvalue weighted by Gasteiger charge is -2.31. The molecule has 5 nitrogen and oxygen atoms in total. The fourth-order valence-corrected chi connectivity index (χ4v) is 5.15. The Morgan fingerprint density at radius 3 is 2.22 bits per heavy atom. The van der Waals surface area contributed by atoms with Crippen LogP contribution in [-0.2, 0) is 16.6 Å². The Hall–Kier alpha value is -2.44. The number of piperidine rings is 1. The second kappa shape index (κ2) is 7.66. The van der Waals surface area contributed by atoms with E-state index < -0.39 is 10.0 Å². The molecule has 4 rings (SSSR count). The van der Waals surface area contributed by atoms with Gasteiger partial charge in [-0.2, -0.15) is 4.31 Å². The molecule has 0 atom stereocenters. The van der Waals surface area contributed by atoms with Gasteiger partial charge in [0.1, 0.15) is 5.82 Å². The van der Waals surface area contributed by atoms with E-state index in [0.717, 1.165) is 30.8 Å². The summed E-state index contributed by atoms with van der Waals surface area (Å²) in [6.07, 6.45) is 5.56. The number of nitrogens with zero attached hydrogens (tertiary/aromatic N) is 3. The van der Waals surface area contributed by atoms with Gasteiger partial charge in [-0.05, 0) is 30.9 Å². The smallest absolute Gasteiger partial charge is 0.243 e. The second-order valence-corrected chi connectivity index (χ2v) is 8.87. The predicted octanol–water partition coefficient (Wildman–Crippen LogP) is 3.65. The highest BCUT2D eigenvalue weighted by Crippen LogP contribution is 2.26. The van der Waals surface area contributed by atoms with Crippen LogP contribution >= 0.6 is 0 Å². The first kappa shape index (κ1) is 17.9. The summed E-state index contributed by atoms with van der Waals surface area (Å²) >= 11 is 0. The van der Waals surface area contributed by atoms with Crippen molar-refractivity contribution in [2.45, 2.75) is 24.3 Å². The van der Waals surface area contributed by atoms with E-state index in [0.29, 0.717) is 23.9 Å². The van der Waals surface area contributed by atoms with Crippen molar-refractivity contribution in [2.24, 2.45) is 5.92 Å². The Morgan fingerprint density at radius 1 is 0.926 bits per heavy atom. The van der Waals surface area contributed by atoms with Crippen LogP contribution in [-0.4, -0.2) is 35.4 Å². The summed E-state index contributed by atoms with van der Waals surface area (Å²) in [4.78, 5) is 4.88. The first-order valence-corrected chi connectivity index (χ1v) is 10.7. The second-order valence-electron chi connectivity index (χ2n) is 6.93. The third-order valence-corrected chi connectivity index (χ3v) is 7.07. The van der Waals surface area contributed by atoms with Gasteiger partial charge in [0, 0.05) is 37.6 Å². The highest BCUT2D eigenvalue weighted by Gasteiger charge is 2.29. The zero-order chi connectivity index (χ0) is 18.7. The van der Waals surface area contributed by atoms with Gasteiger partial charge in [-0.3, -0.25) is 0 Å². The summed E-state index contributed by atoms with van der Waals surface area (Å²) in [6.45, 7) is 2.00. The van der Waals surface area contributed by atoms with Crippen molar-refractivity contribution in [1.82, 2.24) is 13.9 Å². The highest BCUT2D eigenvalue weighted by atomic mass is 32.2. The van der Waals surface area contributed by atoms with Gasteiger partial charge < -0.3 is 4.57 Å². The molecular weight excluding hydrogens is 358 g/mol. The molecule has 0 N–H and O–H groups in total. The van der Waals surface area contributed by atoms with Crippen LogP contribution in [0.2, 0.25) is 0 Å². The van der Waals surface area contributed by atoms with E-state index in [-0.39, 0.29) is 0 Å². The Bertz CT molecular complexity index is 977. The van der Waals surface area contributed by atoms with Crippen LogP contribution in [0, 0.1) is 5.92 Å². The summed E-state index contributed by atoms with van der Waals surface area (Å²) in [5.74, 6) is 1.42. The molecule has 2 heterocycles. The van der Waals surface area contributed by atoms with Gasteiger partial charge in [-0.1, -0.05) is 48.5 Å². The summed E-state index contributed by atoms with van der Waals surface area (Å²) in [6, 6.07) is 18.9. The van der Waals surface area contributed by atoms with Crippen LogP contribution in [0.25, 0.3) is 11.4 Å². The van der Waals surface area contributed by atoms with E-state index in [1.165, 1.54) is 0 Å². The van der Waals surface area contributed by atoms with Crippen LogP contribution in [0.1, 0.15) is 12.8 Å². The van der Waals surface area contributed by atoms with Crippen LogP contribution in [0.4, 0.5) is 0 Å². The van der Waals surface area contributed by atoms with E-state index >= 15 is 0 Å². The highest BCUT2D eigenvalue weighted by molar-refractivity contribution is 7.89. The monoisotopic (exact) mass is 381 g/mol. The molecule has 2 aromatic carbocycles. The van der Waals surface area contributed by atoms with Crippen molar-refractivity contribution in [1.29, 1.82) is 0 Å². The molecule has 0 spiro atoms. The van der Waals surface area contributed by atoms with E-state index in [1.54, 1.807) is 28.6 Å². The molecule has 1 saturated heterocycles. The molecule has 1 aromatic heterocycles. The van der Waals surface area contributed by atoms with Gasteiger partial charge in [0.05, 0.1) is 4.90 Å². The molecule has 1 aliphatic heterocycles. The van der Waals surface area contributed by atoms with Gasteiger partial charge in [-0.25, -0.2) is 13.4 Å². The lowest BCUT2D eigenvalue weighted by atomic mass is 9.98. The molecule has 27 heavy (non-hydrogen) atoms. The minimum atomic E-state index is -3.38. The summed E-state index contributed by atoms with van der Waals surface area (Å²) in [5.41, 5.74) is 1.10. The van der Waals surface area contributed by atoms with E-state index in [1.807, 2.05) is 36.7 Å². The Labute approximate surface area is 160 Å². The number of imidazole rings is 1. The van der Waals surface area contributed by atoms with Crippen molar-refractivity contribution >= 4 is 10.0 Å². The largest absolute Gasteiger partial charge is 0.331 e. The molecule has 6 heteroatoms. The lowest BCUT2D eigenvalue weighted by Crippen LogP contribution is -2.39. The zero-order valence-electron chi connectivity index (χ0n) is 15.1. The average molecular weight is 382 g/mol. The number of rotatable bonds is 5. The predicted molar refractivity (Wildman–Crippen MR) is 106 cm³/mol. The van der Waals surface area contributed by atoms with Crippen LogP contribution in [0.5, 0.6) is 0 Å². The maximum atomic E-state index is 12.8. The zero-order valence-corrected chi connectivity index (χ0v) is 15.9. The fourth-order valence-electron chi connectivity index (χ4n) is 3.66. The first-order chi connectivity index (χ1) is 13.1. The standard InChI is InChI=1S/C21H23N3O2S/c25-27(26,20-9-5-2-6-10-20)24-14-11-18(12-15-24)17-23-16-13-22-21(23)19-7-3-1-4-8-19/h1-10,13,16,18H,11-12,14-15,17H2. The Morgan fingerprint density at radius 2 is 1.56 bits per heavy atom. The molecular formula is C21H23N3O2S. The van der Waals surface area contributed by atoms with Gasteiger partial charge in [0.2, 0.25) is 10.0 Å². The third-order valence-electron chi connectivity index (χ3n) is 5.16. The maximum absolute atomic E-state index is 12.8. The van der Waals surface area contributed by atoms with Crippen LogP contribution in [0.15, 0.2) is 78.0 Å². The molecule has 0 unspecified atom stereocenters. The molecule has 0 bridgehead atoms. The molecule has 0 amide bonds. The molecule has 0 saturated carbocycles. The molecule has 1 fully saturated rings. The van der Waals surface area contributed by atoms with Gasteiger partial charge in [0.25, 0.3) is 0 Å². The first-order valence-electron chi connectivity index (χ1n) is 9.26. The van der Waals surface area contributed by atoms with E-state index in [9.17, 15) is 8.42 Å². The van der Waals surface area contributed by atoms with Crippen molar-refractivity contribution < 1.29 is 8.42 Å². The van der Waals surface area contributed by atoms with E-state index in [2.05, 4.69) is 21.7 Å². The van der Waals surface area contributed by atoms with Gasteiger partial charge in [-0.15, -0.1) is 0 Å². The Kier molecular flexibility index (Phi) is 5.09. The maximum Gasteiger partial charge on any atom is 0.243 e. The van der Waals surface area contributed by atoms with Crippen LogP contribution < -0.4 is 0 Å². The van der Waals surface area contributed by atoms with Crippen molar-refractivity contribution in [3.05, 3.63) is 73.1 Å². The van der Waals surface area contributed by atoms with Gasteiger partial charge >= 0.3 is 0 Å². The topological polar surface area (TPSA) is 55.2 Å². The fraction of sp³-hybridized carbons (Fsp3) is 0.286. The quantitative estimate of drug-likeness (QED) is 0.678. The third kappa shape index (κ3) is 3.82. The van der Waals surface area contributed by atoms with E-state index in [4.69, 9.17) is 0 Å². The molecule has 0 aliphatic carbocycles. The minimum Gasteiger partial charge on any atom is -0.331 e. The summed E-state index contributed by atoms with van der Waals surface area (Å²) in [7, 11) is -3.38. The normalized spacial score (nSPS) is 16.4. The van der Waals surface area contributed by atoms with Crippen molar-refractivity contribution in [3.63, 3.8) is 0 Å². The number of hydrogen-bond donors (Lipinski definition) is 0. The number of benzene rings is 2. The van der Waals surface area contributed by atoms with Crippen molar-refractivity contribution in [2.75, 3.05) is 13.1 Å². The SMILES string of the molecule is O=S(=O)(c1ccccc1)N1CCC(Cn2ccnc2-c2ccccc2)CC1. The molecule has 1 aliphatic rings. The Balaban J connectivity index is 1.42. The minimum absolute atomic E-state index is 0.379.